The van der Waals surface area contributed by atoms with Crippen LogP contribution in [0, 0.1) is 5.82 Å². The standard InChI is InChI=1S/C23H18FN3/c1-3-4-6-14(2)18-8-5-7-16-13-19-21(15-9-11-17(24)12-10-15)26-23(25)27-22(19)20(16)18/h3-12H,1-2,13H2,(H2,25,26,27)/b6-4-. The number of halogens is 1. The second-order valence-corrected chi connectivity index (χ2v) is 6.40. The first-order valence-electron chi connectivity index (χ1n) is 8.61. The number of anilines is 1. The maximum Gasteiger partial charge on any atom is 0.221 e. The number of nitrogen functional groups attached to an aromatic ring is 1. The summed E-state index contributed by atoms with van der Waals surface area (Å²) in [5.41, 5.74) is 13.5. The van der Waals surface area contributed by atoms with Crippen molar-refractivity contribution in [3.63, 3.8) is 0 Å². The molecule has 3 nitrogen and oxygen atoms in total. The number of aromatic nitrogens is 2. The molecule has 0 atom stereocenters. The molecule has 1 heterocycles. The first-order valence-corrected chi connectivity index (χ1v) is 8.61. The second kappa shape index (κ2) is 6.65. The summed E-state index contributed by atoms with van der Waals surface area (Å²) in [5.74, 6) is -0.0868. The summed E-state index contributed by atoms with van der Waals surface area (Å²) in [6.07, 6.45) is 6.20. The Labute approximate surface area is 157 Å². The van der Waals surface area contributed by atoms with Gasteiger partial charge in [0.15, 0.2) is 0 Å². The summed E-state index contributed by atoms with van der Waals surface area (Å²) in [5, 5.41) is 0. The van der Waals surface area contributed by atoms with E-state index in [1.807, 2.05) is 24.3 Å². The van der Waals surface area contributed by atoms with Gasteiger partial charge in [-0.2, -0.15) is 0 Å². The third-order valence-electron chi connectivity index (χ3n) is 4.68. The number of nitrogens with two attached hydrogens (primary N) is 1. The lowest BCUT2D eigenvalue weighted by Gasteiger charge is -2.11. The molecule has 0 unspecified atom stereocenters. The van der Waals surface area contributed by atoms with Gasteiger partial charge in [-0.3, -0.25) is 0 Å². The van der Waals surface area contributed by atoms with E-state index >= 15 is 0 Å². The fourth-order valence-corrected chi connectivity index (χ4v) is 3.48. The van der Waals surface area contributed by atoms with Crippen molar-refractivity contribution in [3.05, 3.63) is 96.4 Å². The molecule has 2 N–H and O–H groups in total. The molecule has 2 aromatic carbocycles. The Morgan fingerprint density at radius 2 is 1.81 bits per heavy atom. The van der Waals surface area contributed by atoms with Gasteiger partial charge in [0, 0.05) is 23.1 Å². The van der Waals surface area contributed by atoms with Crippen LogP contribution in [0.3, 0.4) is 0 Å². The topological polar surface area (TPSA) is 51.8 Å². The summed E-state index contributed by atoms with van der Waals surface area (Å²) < 4.78 is 13.3. The second-order valence-electron chi connectivity index (χ2n) is 6.40. The number of hydrogen-bond donors (Lipinski definition) is 1. The van der Waals surface area contributed by atoms with Crippen LogP contribution in [0.4, 0.5) is 10.3 Å². The van der Waals surface area contributed by atoms with Gasteiger partial charge in [-0.25, -0.2) is 14.4 Å². The van der Waals surface area contributed by atoms with Gasteiger partial charge in [-0.15, -0.1) is 0 Å². The maximum atomic E-state index is 13.3. The van der Waals surface area contributed by atoms with Gasteiger partial charge >= 0.3 is 0 Å². The summed E-state index contributed by atoms with van der Waals surface area (Å²) in [6.45, 7) is 7.88. The Balaban J connectivity index is 1.92. The molecule has 1 aromatic heterocycles. The number of benzene rings is 2. The Bertz CT molecular complexity index is 1100. The minimum Gasteiger partial charge on any atom is -0.368 e. The van der Waals surface area contributed by atoms with Crippen LogP contribution in [-0.2, 0) is 6.42 Å². The molecule has 4 heteroatoms. The predicted octanol–water partition coefficient (Wildman–Crippen LogP) is 5.19. The Morgan fingerprint density at radius 3 is 2.56 bits per heavy atom. The van der Waals surface area contributed by atoms with Crippen molar-refractivity contribution < 1.29 is 4.39 Å². The van der Waals surface area contributed by atoms with E-state index in [1.54, 1.807) is 18.2 Å². The normalized spacial score (nSPS) is 12.0. The van der Waals surface area contributed by atoms with Gasteiger partial charge < -0.3 is 5.73 Å². The highest BCUT2D eigenvalue weighted by Crippen LogP contribution is 2.43. The fraction of sp³-hybridized carbons (Fsp3) is 0.0435. The van der Waals surface area contributed by atoms with Crippen LogP contribution in [0.15, 0.2) is 73.9 Å². The zero-order valence-electron chi connectivity index (χ0n) is 14.7. The van der Waals surface area contributed by atoms with E-state index < -0.39 is 0 Å². The average Bonchev–Trinajstić information content (AvgIpc) is 3.04. The number of allylic oxidation sites excluding steroid dienone is 4. The number of fused-ring (bicyclic) bond motifs is 3. The molecule has 3 aromatic rings. The third kappa shape index (κ3) is 2.95. The monoisotopic (exact) mass is 355 g/mol. The molecule has 132 valence electrons. The lowest BCUT2D eigenvalue weighted by atomic mass is 9.96. The minimum absolute atomic E-state index is 0.197. The van der Waals surface area contributed by atoms with Crippen LogP contribution in [-0.4, -0.2) is 9.97 Å². The highest BCUT2D eigenvalue weighted by atomic mass is 19.1. The SMILES string of the molecule is C=C/C=C\C(=C)c1cccc2c1-c1nc(N)nc(-c3ccc(F)cc3)c1C2. The van der Waals surface area contributed by atoms with Crippen molar-refractivity contribution in [2.75, 3.05) is 5.73 Å². The summed E-state index contributed by atoms with van der Waals surface area (Å²) >= 11 is 0. The summed E-state index contributed by atoms with van der Waals surface area (Å²) in [7, 11) is 0. The van der Waals surface area contributed by atoms with Crippen molar-refractivity contribution in [1.29, 1.82) is 0 Å². The molecule has 1 aliphatic rings. The van der Waals surface area contributed by atoms with E-state index in [0.29, 0.717) is 6.42 Å². The van der Waals surface area contributed by atoms with Crippen LogP contribution < -0.4 is 5.73 Å². The van der Waals surface area contributed by atoms with E-state index in [0.717, 1.165) is 44.8 Å². The third-order valence-corrected chi connectivity index (χ3v) is 4.68. The van der Waals surface area contributed by atoms with Crippen molar-refractivity contribution in [2.45, 2.75) is 6.42 Å². The van der Waals surface area contributed by atoms with E-state index in [1.165, 1.54) is 12.1 Å². The zero-order chi connectivity index (χ0) is 19.0. The Morgan fingerprint density at radius 1 is 1.07 bits per heavy atom. The fourth-order valence-electron chi connectivity index (χ4n) is 3.48. The van der Waals surface area contributed by atoms with Gasteiger partial charge in [0.05, 0.1) is 11.4 Å². The van der Waals surface area contributed by atoms with Gasteiger partial charge in [-0.05, 0) is 41.0 Å². The lowest BCUT2D eigenvalue weighted by molar-refractivity contribution is 0.628. The van der Waals surface area contributed by atoms with Crippen LogP contribution in [0.25, 0.3) is 28.1 Å². The molecule has 0 spiro atoms. The Hall–Kier alpha value is -3.53. The molecule has 0 bridgehead atoms. The highest BCUT2D eigenvalue weighted by Gasteiger charge is 2.27. The van der Waals surface area contributed by atoms with Gasteiger partial charge in [0.25, 0.3) is 0 Å². The Kier molecular flexibility index (Phi) is 4.16. The van der Waals surface area contributed by atoms with E-state index in [9.17, 15) is 4.39 Å². The predicted molar refractivity (Wildman–Crippen MR) is 108 cm³/mol. The largest absolute Gasteiger partial charge is 0.368 e. The lowest BCUT2D eigenvalue weighted by Crippen LogP contribution is -2.02. The molecule has 0 fully saturated rings. The molecule has 1 aliphatic carbocycles. The van der Waals surface area contributed by atoms with E-state index in [4.69, 9.17) is 5.73 Å². The van der Waals surface area contributed by atoms with Crippen molar-refractivity contribution >= 4 is 11.5 Å². The maximum absolute atomic E-state index is 13.3. The van der Waals surface area contributed by atoms with Crippen molar-refractivity contribution in [1.82, 2.24) is 9.97 Å². The molecular formula is C23H18FN3. The van der Waals surface area contributed by atoms with Crippen molar-refractivity contribution in [2.24, 2.45) is 0 Å². The first-order chi connectivity index (χ1) is 13.1. The summed E-state index contributed by atoms with van der Waals surface area (Å²) in [6, 6.07) is 12.4. The molecule has 0 aliphatic heterocycles. The molecule has 0 amide bonds. The summed E-state index contributed by atoms with van der Waals surface area (Å²) in [4.78, 5) is 8.98. The molecule has 0 saturated heterocycles. The van der Waals surface area contributed by atoms with Crippen LogP contribution >= 0.6 is 0 Å². The smallest absolute Gasteiger partial charge is 0.221 e. The van der Waals surface area contributed by atoms with Gasteiger partial charge in [0.2, 0.25) is 5.95 Å². The van der Waals surface area contributed by atoms with Gasteiger partial charge in [0.1, 0.15) is 5.82 Å². The van der Waals surface area contributed by atoms with Crippen molar-refractivity contribution in [3.8, 4) is 22.5 Å². The molecular weight excluding hydrogens is 337 g/mol. The van der Waals surface area contributed by atoms with Crippen LogP contribution in [0.2, 0.25) is 0 Å². The van der Waals surface area contributed by atoms with Gasteiger partial charge in [-0.1, -0.05) is 49.6 Å². The first kappa shape index (κ1) is 16.9. The number of nitrogens with zero attached hydrogens (tertiary/aromatic N) is 2. The molecule has 4 rings (SSSR count). The van der Waals surface area contributed by atoms with E-state index in [-0.39, 0.29) is 11.8 Å². The quantitative estimate of drug-likeness (QED) is 0.513. The molecule has 27 heavy (non-hydrogen) atoms. The van der Waals surface area contributed by atoms with Crippen LogP contribution in [0.1, 0.15) is 16.7 Å². The zero-order valence-corrected chi connectivity index (χ0v) is 14.7. The van der Waals surface area contributed by atoms with E-state index in [2.05, 4.69) is 29.2 Å². The average molecular weight is 355 g/mol. The van der Waals surface area contributed by atoms with Crippen LogP contribution in [0.5, 0.6) is 0 Å². The highest BCUT2D eigenvalue weighted by molar-refractivity contribution is 5.91. The molecule has 0 saturated carbocycles. The number of hydrogen-bond acceptors (Lipinski definition) is 3. The molecule has 0 radical (unpaired) electrons. The minimum atomic E-state index is -0.284. The number of rotatable bonds is 4.